The highest BCUT2D eigenvalue weighted by atomic mass is 32.2. The second-order valence-corrected chi connectivity index (χ2v) is 7.39. The second kappa shape index (κ2) is 6.44. The molecule has 116 valence electrons. The summed E-state index contributed by atoms with van der Waals surface area (Å²) in [5.41, 5.74) is 1.83. The third kappa shape index (κ3) is 4.71. The van der Waals surface area contributed by atoms with E-state index in [1.807, 2.05) is 31.2 Å². The monoisotopic (exact) mass is 311 g/mol. The van der Waals surface area contributed by atoms with Crippen molar-refractivity contribution in [3.05, 3.63) is 29.8 Å². The smallest absolute Gasteiger partial charge is 0.319 e. The Bertz CT molecular complexity index is 608. The van der Waals surface area contributed by atoms with Crippen LogP contribution in [-0.2, 0) is 10.0 Å². The van der Waals surface area contributed by atoms with Crippen LogP contribution in [0.4, 0.5) is 10.5 Å². The van der Waals surface area contributed by atoms with Crippen molar-refractivity contribution >= 4 is 21.7 Å². The van der Waals surface area contributed by atoms with Crippen LogP contribution in [0.1, 0.15) is 18.4 Å². The zero-order valence-corrected chi connectivity index (χ0v) is 13.1. The normalized spacial score (nSPS) is 17.4. The summed E-state index contributed by atoms with van der Waals surface area (Å²) in [6.45, 7) is 2.87. The molecule has 0 saturated carbocycles. The van der Waals surface area contributed by atoms with E-state index >= 15 is 0 Å². The molecular formula is C14H21N3O3S. The minimum Gasteiger partial charge on any atom is -0.335 e. The fraction of sp³-hybridized carbons (Fsp3) is 0.500. The first kappa shape index (κ1) is 15.8. The highest BCUT2D eigenvalue weighted by Gasteiger charge is 2.25. The maximum Gasteiger partial charge on any atom is 0.319 e. The van der Waals surface area contributed by atoms with Crippen molar-refractivity contribution in [1.29, 1.82) is 0 Å². The number of rotatable bonds is 3. The third-order valence-corrected chi connectivity index (χ3v) is 4.84. The quantitative estimate of drug-likeness (QED) is 0.889. The summed E-state index contributed by atoms with van der Waals surface area (Å²) in [5, 5.41) is 5.68. The number of anilines is 1. The van der Waals surface area contributed by atoms with Crippen LogP contribution in [0.25, 0.3) is 0 Å². The van der Waals surface area contributed by atoms with Gasteiger partial charge in [0.05, 0.1) is 6.26 Å². The number of hydrogen-bond acceptors (Lipinski definition) is 3. The molecule has 1 heterocycles. The summed E-state index contributed by atoms with van der Waals surface area (Å²) in [6, 6.07) is 7.33. The van der Waals surface area contributed by atoms with Crippen LogP contribution in [0.15, 0.2) is 24.3 Å². The van der Waals surface area contributed by atoms with Gasteiger partial charge >= 0.3 is 6.03 Å². The number of nitrogens with one attached hydrogen (secondary N) is 2. The lowest BCUT2D eigenvalue weighted by Gasteiger charge is -2.30. The van der Waals surface area contributed by atoms with Crippen molar-refractivity contribution in [3.63, 3.8) is 0 Å². The molecule has 1 aliphatic rings. The van der Waals surface area contributed by atoms with E-state index < -0.39 is 10.0 Å². The van der Waals surface area contributed by atoms with Gasteiger partial charge in [0.1, 0.15) is 0 Å². The predicted molar refractivity (Wildman–Crippen MR) is 82.8 cm³/mol. The van der Waals surface area contributed by atoms with Crippen LogP contribution < -0.4 is 10.6 Å². The van der Waals surface area contributed by atoms with Gasteiger partial charge in [0.15, 0.2) is 0 Å². The lowest BCUT2D eigenvalue weighted by Crippen LogP contribution is -2.47. The molecule has 2 amide bonds. The van der Waals surface area contributed by atoms with Crippen LogP contribution in [0.2, 0.25) is 0 Å². The maximum atomic E-state index is 11.9. The Kier molecular flexibility index (Phi) is 4.84. The zero-order valence-electron chi connectivity index (χ0n) is 12.3. The number of nitrogens with zero attached hydrogens (tertiary/aromatic N) is 1. The summed E-state index contributed by atoms with van der Waals surface area (Å²) < 4.78 is 24.3. The number of sulfonamides is 1. The molecule has 1 saturated heterocycles. The zero-order chi connectivity index (χ0) is 15.5. The summed E-state index contributed by atoms with van der Waals surface area (Å²) in [7, 11) is -3.13. The molecule has 1 aliphatic heterocycles. The highest BCUT2D eigenvalue weighted by Crippen LogP contribution is 2.14. The highest BCUT2D eigenvalue weighted by molar-refractivity contribution is 7.88. The minimum atomic E-state index is -3.13. The van der Waals surface area contributed by atoms with Gasteiger partial charge in [-0.05, 0) is 37.5 Å². The summed E-state index contributed by atoms with van der Waals surface area (Å²) in [4.78, 5) is 11.9. The molecule has 0 spiro atoms. The van der Waals surface area contributed by atoms with Crippen molar-refractivity contribution in [2.45, 2.75) is 25.8 Å². The van der Waals surface area contributed by atoms with Crippen LogP contribution in [0.5, 0.6) is 0 Å². The molecule has 1 fully saturated rings. The molecule has 21 heavy (non-hydrogen) atoms. The molecule has 2 N–H and O–H groups in total. The lowest BCUT2D eigenvalue weighted by molar-refractivity contribution is 0.238. The van der Waals surface area contributed by atoms with Gasteiger partial charge in [0, 0.05) is 24.8 Å². The topological polar surface area (TPSA) is 78.5 Å². The van der Waals surface area contributed by atoms with Crippen molar-refractivity contribution < 1.29 is 13.2 Å². The van der Waals surface area contributed by atoms with E-state index in [0.29, 0.717) is 25.9 Å². The molecule has 1 aromatic carbocycles. The predicted octanol–water partition coefficient (Wildman–Crippen LogP) is 1.54. The fourth-order valence-corrected chi connectivity index (χ4v) is 3.28. The third-order valence-electron chi connectivity index (χ3n) is 3.53. The van der Waals surface area contributed by atoms with Crippen molar-refractivity contribution in [2.75, 3.05) is 24.7 Å². The average molecular weight is 311 g/mol. The van der Waals surface area contributed by atoms with Gasteiger partial charge in [0.25, 0.3) is 0 Å². The Labute approximate surface area is 125 Å². The van der Waals surface area contributed by atoms with E-state index in [1.165, 1.54) is 10.6 Å². The van der Waals surface area contributed by atoms with Gasteiger partial charge in [-0.1, -0.05) is 12.1 Å². The standard InChI is InChI=1S/C14H21N3O3S/c1-11-4-3-5-13(10-11)16-14(18)15-12-6-8-17(9-7-12)21(2,19)20/h3-5,10,12H,6-9H2,1-2H3,(H2,15,16,18). The number of aryl methyl sites for hydroxylation is 1. The number of piperidine rings is 1. The number of carbonyl (C=O) groups is 1. The molecule has 1 aromatic rings. The van der Waals surface area contributed by atoms with Crippen molar-refractivity contribution in [1.82, 2.24) is 9.62 Å². The molecule has 0 unspecified atom stereocenters. The molecule has 0 aliphatic carbocycles. The maximum absolute atomic E-state index is 11.9. The summed E-state index contributed by atoms with van der Waals surface area (Å²) in [5.74, 6) is 0. The molecule has 0 radical (unpaired) electrons. The Balaban J connectivity index is 1.82. The molecule has 0 aromatic heterocycles. The Morgan fingerprint density at radius 3 is 2.52 bits per heavy atom. The molecule has 0 bridgehead atoms. The average Bonchev–Trinajstić information content (AvgIpc) is 2.38. The number of benzene rings is 1. The van der Waals surface area contributed by atoms with E-state index in [-0.39, 0.29) is 12.1 Å². The SMILES string of the molecule is Cc1cccc(NC(=O)NC2CCN(S(C)(=O)=O)CC2)c1. The van der Waals surface area contributed by atoms with Crippen molar-refractivity contribution in [3.8, 4) is 0 Å². The summed E-state index contributed by atoms with van der Waals surface area (Å²) in [6.07, 6.45) is 2.48. The largest absolute Gasteiger partial charge is 0.335 e. The van der Waals surface area contributed by atoms with E-state index in [0.717, 1.165) is 11.3 Å². The van der Waals surface area contributed by atoms with E-state index in [4.69, 9.17) is 0 Å². The number of carbonyl (C=O) groups excluding carboxylic acids is 1. The van der Waals surface area contributed by atoms with E-state index in [1.54, 1.807) is 0 Å². The van der Waals surface area contributed by atoms with Gasteiger partial charge in [-0.15, -0.1) is 0 Å². The molecule has 0 atom stereocenters. The van der Waals surface area contributed by atoms with Crippen LogP contribution in [0.3, 0.4) is 0 Å². The number of hydrogen-bond donors (Lipinski definition) is 2. The fourth-order valence-electron chi connectivity index (χ4n) is 2.41. The Morgan fingerprint density at radius 1 is 1.29 bits per heavy atom. The van der Waals surface area contributed by atoms with Gasteiger partial charge in [-0.2, -0.15) is 0 Å². The molecule has 7 heteroatoms. The lowest BCUT2D eigenvalue weighted by atomic mass is 10.1. The van der Waals surface area contributed by atoms with Crippen LogP contribution in [-0.4, -0.2) is 44.1 Å². The first-order valence-corrected chi connectivity index (χ1v) is 8.79. The number of urea groups is 1. The Morgan fingerprint density at radius 2 is 1.95 bits per heavy atom. The molecule has 2 rings (SSSR count). The Hall–Kier alpha value is -1.60. The van der Waals surface area contributed by atoms with Crippen molar-refractivity contribution in [2.24, 2.45) is 0 Å². The first-order chi connectivity index (χ1) is 9.84. The van der Waals surface area contributed by atoms with Crippen LogP contribution in [0, 0.1) is 6.92 Å². The summed E-state index contributed by atoms with van der Waals surface area (Å²) >= 11 is 0. The van der Waals surface area contributed by atoms with Gasteiger partial charge in [-0.3, -0.25) is 0 Å². The van der Waals surface area contributed by atoms with E-state index in [2.05, 4.69) is 10.6 Å². The number of amides is 2. The van der Waals surface area contributed by atoms with Gasteiger partial charge < -0.3 is 10.6 Å². The minimum absolute atomic E-state index is 0.00723. The van der Waals surface area contributed by atoms with E-state index in [9.17, 15) is 13.2 Å². The second-order valence-electron chi connectivity index (χ2n) is 5.40. The molecule has 6 nitrogen and oxygen atoms in total. The van der Waals surface area contributed by atoms with Crippen LogP contribution >= 0.6 is 0 Å². The van der Waals surface area contributed by atoms with Gasteiger partial charge in [-0.25, -0.2) is 17.5 Å². The first-order valence-electron chi connectivity index (χ1n) is 6.94. The molecular weight excluding hydrogens is 290 g/mol. The van der Waals surface area contributed by atoms with Gasteiger partial charge in [0.2, 0.25) is 10.0 Å².